The van der Waals surface area contributed by atoms with Crippen LogP contribution < -0.4 is 25.0 Å². The number of barbiturate groups is 1. The topological polar surface area (TPSA) is 114 Å². The van der Waals surface area contributed by atoms with Crippen molar-refractivity contribution in [3.63, 3.8) is 0 Å². The summed E-state index contributed by atoms with van der Waals surface area (Å²) in [7, 11) is 0. The molecule has 4 rings (SSSR count). The molecule has 1 aliphatic heterocycles. The number of rotatable bonds is 8. The number of imide groups is 2. The van der Waals surface area contributed by atoms with Crippen LogP contribution in [0.15, 0.2) is 69.1 Å². The Kier molecular flexibility index (Phi) is 9.06. The van der Waals surface area contributed by atoms with E-state index in [1.807, 2.05) is 39.0 Å². The van der Waals surface area contributed by atoms with Crippen molar-refractivity contribution in [1.82, 2.24) is 5.32 Å². The average molecular weight is 671 g/mol. The molecule has 9 nitrogen and oxygen atoms in total. The fourth-order valence-electron chi connectivity index (χ4n) is 4.00. The summed E-state index contributed by atoms with van der Waals surface area (Å²) in [5.74, 6) is -0.965. The molecule has 0 aliphatic carbocycles. The monoisotopic (exact) mass is 669 g/mol. The first-order valence-corrected chi connectivity index (χ1v) is 13.8. The number of carbonyl (C=O) groups is 4. The van der Waals surface area contributed by atoms with E-state index in [1.54, 1.807) is 36.4 Å². The molecule has 1 heterocycles. The third-order valence-corrected chi connectivity index (χ3v) is 7.02. The number of amides is 5. The molecule has 0 saturated carbocycles. The molecule has 0 bridgehead atoms. The summed E-state index contributed by atoms with van der Waals surface area (Å²) in [5.41, 5.74) is 3.27. The maximum atomic E-state index is 13.2. The molecule has 0 aromatic heterocycles. The summed E-state index contributed by atoms with van der Waals surface area (Å²) in [5, 5.41) is 5.03. The highest BCUT2D eigenvalue weighted by molar-refractivity contribution is 9.11. The van der Waals surface area contributed by atoms with Gasteiger partial charge in [-0.1, -0.05) is 17.7 Å². The zero-order valence-electron chi connectivity index (χ0n) is 21.8. The molecule has 206 valence electrons. The van der Waals surface area contributed by atoms with Crippen molar-refractivity contribution in [1.29, 1.82) is 0 Å². The summed E-state index contributed by atoms with van der Waals surface area (Å²) in [6.07, 6.45) is 1.37. The number of urea groups is 1. The lowest BCUT2D eigenvalue weighted by Crippen LogP contribution is -2.54. The highest BCUT2D eigenvalue weighted by Gasteiger charge is 2.36. The van der Waals surface area contributed by atoms with Crippen LogP contribution in [-0.2, 0) is 14.4 Å². The van der Waals surface area contributed by atoms with Crippen LogP contribution >= 0.6 is 31.9 Å². The first-order valence-electron chi connectivity index (χ1n) is 12.2. The average Bonchev–Trinajstić information content (AvgIpc) is 2.89. The number of nitrogens with one attached hydrogen (secondary N) is 2. The minimum atomic E-state index is -0.846. The third-order valence-electron chi connectivity index (χ3n) is 5.84. The molecule has 3 aromatic carbocycles. The van der Waals surface area contributed by atoms with Crippen LogP contribution in [-0.4, -0.2) is 37.0 Å². The number of anilines is 2. The molecular weight excluding hydrogens is 646 g/mol. The highest BCUT2D eigenvalue weighted by atomic mass is 79.9. The van der Waals surface area contributed by atoms with Gasteiger partial charge < -0.3 is 14.8 Å². The first kappa shape index (κ1) is 29.0. The predicted octanol–water partition coefficient (Wildman–Crippen LogP) is 5.91. The summed E-state index contributed by atoms with van der Waals surface area (Å²) in [6, 6.07) is 14.5. The lowest BCUT2D eigenvalue weighted by molar-refractivity contribution is -0.122. The first-order chi connectivity index (χ1) is 19.1. The second-order valence-corrected chi connectivity index (χ2v) is 10.6. The normalized spacial score (nSPS) is 14.3. The third kappa shape index (κ3) is 6.60. The maximum Gasteiger partial charge on any atom is 0.335 e. The van der Waals surface area contributed by atoms with Gasteiger partial charge in [-0.2, -0.15) is 0 Å². The van der Waals surface area contributed by atoms with Gasteiger partial charge in [-0.15, -0.1) is 0 Å². The SMILES string of the molecule is CCOc1ccc(N2C(=O)NC(=O)/C(=C\c3cc(Br)c(OCC(=O)Nc4ccc(C)cc4C)c(Br)c3)C2=O)cc1. The van der Waals surface area contributed by atoms with E-state index in [4.69, 9.17) is 9.47 Å². The Bertz CT molecular complexity index is 1510. The Morgan fingerprint density at radius 3 is 2.27 bits per heavy atom. The van der Waals surface area contributed by atoms with Crippen molar-refractivity contribution in [2.45, 2.75) is 20.8 Å². The molecule has 0 spiro atoms. The zero-order valence-corrected chi connectivity index (χ0v) is 25.0. The molecule has 0 atom stereocenters. The molecule has 3 aromatic rings. The molecule has 5 amide bonds. The van der Waals surface area contributed by atoms with Crippen LogP contribution in [0, 0.1) is 13.8 Å². The highest BCUT2D eigenvalue weighted by Crippen LogP contribution is 2.36. The molecule has 0 radical (unpaired) electrons. The van der Waals surface area contributed by atoms with E-state index in [2.05, 4.69) is 42.5 Å². The van der Waals surface area contributed by atoms with Gasteiger partial charge in [0, 0.05) is 5.69 Å². The maximum absolute atomic E-state index is 13.2. The van der Waals surface area contributed by atoms with Gasteiger partial charge in [0.05, 0.1) is 21.2 Å². The Morgan fingerprint density at radius 2 is 1.65 bits per heavy atom. The van der Waals surface area contributed by atoms with Crippen LogP contribution in [0.5, 0.6) is 11.5 Å². The van der Waals surface area contributed by atoms with Gasteiger partial charge in [-0.25, -0.2) is 9.69 Å². The molecule has 1 fully saturated rings. The van der Waals surface area contributed by atoms with E-state index >= 15 is 0 Å². The summed E-state index contributed by atoms with van der Waals surface area (Å²) in [4.78, 5) is 51.7. The van der Waals surface area contributed by atoms with Gasteiger partial charge in [0.1, 0.15) is 17.1 Å². The van der Waals surface area contributed by atoms with Gasteiger partial charge >= 0.3 is 6.03 Å². The molecular formula is C29H25Br2N3O6. The minimum absolute atomic E-state index is 0.228. The number of nitrogens with zero attached hydrogens (tertiary/aromatic N) is 1. The Morgan fingerprint density at radius 1 is 0.975 bits per heavy atom. The number of halogens is 2. The van der Waals surface area contributed by atoms with Crippen molar-refractivity contribution in [3.8, 4) is 11.5 Å². The van der Waals surface area contributed by atoms with Gasteiger partial charge in [-0.3, -0.25) is 19.7 Å². The van der Waals surface area contributed by atoms with Gasteiger partial charge in [0.25, 0.3) is 17.7 Å². The van der Waals surface area contributed by atoms with E-state index in [9.17, 15) is 19.2 Å². The van der Waals surface area contributed by atoms with Crippen LogP contribution in [0.2, 0.25) is 0 Å². The summed E-state index contributed by atoms with van der Waals surface area (Å²) < 4.78 is 12.1. The predicted molar refractivity (Wildman–Crippen MR) is 158 cm³/mol. The van der Waals surface area contributed by atoms with Crippen LogP contribution in [0.1, 0.15) is 23.6 Å². The van der Waals surface area contributed by atoms with Crippen LogP contribution in [0.4, 0.5) is 16.2 Å². The van der Waals surface area contributed by atoms with Crippen LogP contribution in [0.25, 0.3) is 6.08 Å². The molecule has 40 heavy (non-hydrogen) atoms. The number of hydrogen-bond acceptors (Lipinski definition) is 6. The standard InChI is InChI=1S/C29H25Br2N3O6/c1-4-39-20-8-6-19(7-9-20)34-28(37)21(27(36)33-29(34)38)12-18-13-22(30)26(23(31)14-18)40-15-25(35)32-24-10-5-16(2)11-17(24)3/h5-14H,4,15H2,1-3H3,(H,32,35)(H,33,36,38)/b21-12+. The Labute approximate surface area is 247 Å². The number of benzene rings is 3. The largest absolute Gasteiger partial charge is 0.494 e. The van der Waals surface area contributed by atoms with Gasteiger partial charge in [0.15, 0.2) is 6.61 Å². The fraction of sp³-hybridized carbons (Fsp3) is 0.172. The molecule has 11 heteroatoms. The Balaban J connectivity index is 1.51. The van der Waals surface area contributed by atoms with Crippen molar-refractivity contribution in [2.24, 2.45) is 0 Å². The molecule has 2 N–H and O–H groups in total. The van der Waals surface area contributed by atoms with Crippen molar-refractivity contribution >= 4 is 73.1 Å². The van der Waals surface area contributed by atoms with Crippen LogP contribution in [0.3, 0.4) is 0 Å². The minimum Gasteiger partial charge on any atom is -0.494 e. The van der Waals surface area contributed by atoms with Gasteiger partial charge in [0.2, 0.25) is 0 Å². The van der Waals surface area contributed by atoms with E-state index in [0.717, 1.165) is 16.0 Å². The number of hydrogen-bond donors (Lipinski definition) is 2. The Hall–Kier alpha value is -3.96. The quantitative estimate of drug-likeness (QED) is 0.228. The second kappa shape index (κ2) is 12.5. The molecule has 1 saturated heterocycles. The van der Waals surface area contributed by atoms with Crippen molar-refractivity contribution in [2.75, 3.05) is 23.4 Å². The summed E-state index contributed by atoms with van der Waals surface area (Å²) >= 11 is 6.86. The number of ether oxygens (including phenoxy) is 2. The van der Waals surface area contributed by atoms with Crippen molar-refractivity contribution < 1.29 is 28.7 Å². The smallest absolute Gasteiger partial charge is 0.335 e. The van der Waals surface area contributed by atoms with E-state index in [0.29, 0.717) is 38.3 Å². The molecule has 0 unspecified atom stereocenters. The lowest BCUT2D eigenvalue weighted by Gasteiger charge is -2.26. The van der Waals surface area contributed by atoms with E-state index in [1.165, 1.54) is 6.08 Å². The van der Waals surface area contributed by atoms with E-state index in [-0.39, 0.29) is 23.8 Å². The lowest BCUT2D eigenvalue weighted by atomic mass is 10.1. The zero-order chi connectivity index (χ0) is 29.0. The summed E-state index contributed by atoms with van der Waals surface area (Å²) in [6.45, 7) is 5.96. The fourth-order valence-corrected chi connectivity index (χ4v) is 5.45. The van der Waals surface area contributed by atoms with Gasteiger partial charge in [-0.05, 0) is 112 Å². The van der Waals surface area contributed by atoms with E-state index < -0.39 is 17.8 Å². The number of aryl methyl sites for hydroxylation is 2. The second-order valence-electron chi connectivity index (χ2n) is 8.85. The molecule has 1 aliphatic rings. The van der Waals surface area contributed by atoms with Crippen molar-refractivity contribution in [3.05, 3.63) is 85.8 Å². The number of carbonyl (C=O) groups excluding carboxylic acids is 4.